The lowest BCUT2D eigenvalue weighted by Gasteiger charge is -2.19. The van der Waals surface area contributed by atoms with Crippen molar-refractivity contribution in [2.24, 2.45) is 11.1 Å². The van der Waals surface area contributed by atoms with Crippen LogP contribution in [0.2, 0.25) is 0 Å². The van der Waals surface area contributed by atoms with Crippen molar-refractivity contribution < 1.29 is 13.2 Å². The third kappa shape index (κ3) is 3.34. The van der Waals surface area contributed by atoms with Crippen LogP contribution in [0.5, 0.6) is 0 Å². The summed E-state index contributed by atoms with van der Waals surface area (Å²) in [6.45, 7) is 4.22. The number of nitrogens with zero attached hydrogens (tertiary/aromatic N) is 2. The number of pyridine rings is 1. The van der Waals surface area contributed by atoms with Crippen molar-refractivity contribution in [2.45, 2.75) is 26.7 Å². The third-order valence-corrected chi connectivity index (χ3v) is 4.34. The van der Waals surface area contributed by atoms with E-state index in [9.17, 15) is 13.2 Å². The summed E-state index contributed by atoms with van der Waals surface area (Å²) in [4.78, 5) is 18.1. The van der Waals surface area contributed by atoms with Gasteiger partial charge in [0.1, 0.15) is 5.82 Å². The second-order valence-electron chi connectivity index (χ2n) is 5.19. The zero-order valence-corrected chi connectivity index (χ0v) is 12.5. The number of primary sulfonamides is 1. The van der Waals surface area contributed by atoms with Crippen LogP contribution in [-0.2, 0) is 21.2 Å². The van der Waals surface area contributed by atoms with Gasteiger partial charge in [-0.25, -0.2) is 18.5 Å². The first-order valence-electron chi connectivity index (χ1n) is 6.57. The Morgan fingerprint density at radius 1 is 1.45 bits per heavy atom. The molecule has 1 aromatic heterocycles. The number of anilines is 1. The number of amides is 1. The maximum atomic E-state index is 12.1. The molecule has 2 rings (SSSR count). The molecule has 1 atom stereocenters. The summed E-state index contributed by atoms with van der Waals surface area (Å²) in [6, 6.07) is 3.86. The van der Waals surface area contributed by atoms with Crippen LogP contribution < -0.4 is 10.0 Å². The van der Waals surface area contributed by atoms with Gasteiger partial charge in [0, 0.05) is 24.6 Å². The molecule has 1 fully saturated rings. The van der Waals surface area contributed by atoms with Gasteiger partial charge in [0.25, 0.3) is 0 Å². The summed E-state index contributed by atoms with van der Waals surface area (Å²) in [6.07, 6.45) is 0.974. The van der Waals surface area contributed by atoms with E-state index in [0.29, 0.717) is 12.4 Å². The van der Waals surface area contributed by atoms with E-state index < -0.39 is 10.0 Å². The van der Waals surface area contributed by atoms with Crippen LogP contribution in [0.4, 0.5) is 5.82 Å². The Labute approximate surface area is 119 Å². The first kappa shape index (κ1) is 14.9. The Morgan fingerprint density at radius 2 is 2.15 bits per heavy atom. The van der Waals surface area contributed by atoms with Crippen LogP contribution in [0, 0.1) is 12.8 Å². The molecule has 0 aromatic carbocycles. The van der Waals surface area contributed by atoms with Gasteiger partial charge in [-0.2, -0.15) is 0 Å². The minimum absolute atomic E-state index is 0.0912. The topological polar surface area (TPSA) is 93.4 Å². The molecular formula is C13H19N3O3S. The van der Waals surface area contributed by atoms with Gasteiger partial charge < -0.3 is 0 Å². The maximum absolute atomic E-state index is 12.1. The van der Waals surface area contributed by atoms with Crippen LogP contribution in [0.3, 0.4) is 0 Å². The lowest BCUT2D eigenvalue weighted by atomic mass is 10.1. The number of hydrogen-bond donors (Lipinski definition) is 1. The van der Waals surface area contributed by atoms with Crippen LogP contribution in [0.25, 0.3) is 0 Å². The van der Waals surface area contributed by atoms with Crippen molar-refractivity contribution in [3.63, 3.8) is 0 Å². The summed E-state index contributed by atoms with van der Waals surface area (Å²) in [5, 5.41) is 5.05. The Bertz CT molecular complexity index is 628. The van der Waals surface area contributed by atoms with E-state index in [2.05, 4.69) is 4.98 Å². The summed E-state index contributed by atoms with van der Waals surface area (Å²) < 4.78 is 22.3. The van der Waals surface area contributed by atoms with Crippen molar-refractivity contribution in [3.8, 4) is 0 Å². The number of nitrogens with two attached hydrogens (primary N) is 1. The molecule has 2 heterocycles. The van der Waals surface area contributed by atoms with Crippen LogP contribution >= 0.6 is 0 Å². The number of aromatic nitrogens is 1. The first-order chi connectivity index (χ1) is 9.30. The standard InChI is InChI=1S/C13H19N3O3S/c1-3-11-5-4-9(2)15-13(11)16-7-10(6-12(16)17)8-20(14,18)19/h4-5,10H,3,6-8H2,1-2H3,(H2,14,18,19). The van der Waals surface area contributed by atoms with Gasteiger partial charge in [-0.3, -0.25) is 9.69 Å². The number of rotatable bonds is 4. The van der Waals surface area contributed by atoms with Gasteiger partial charge in [-0.05, 0) is 25.0 Å². The molecule has 1 saturated heterocycles. The van der Waals surface area contributed by atoms with Crippen LogP contribution in [-0.4, -0.2) is 31.6 Å². The van der Waals surface area contributed by atoms with Gasteiger partial charge in [-0.1, -0.05) is 13.0 Å². The molecule has 1 aliphatic rings. The average molecular weight is 297 g/mol. The molecule has 1 aromatic rings. The summed E-state index contributed by atoms with van der Waals surface area (Å²) in [5.74, 6) is 0.132. The van der Waals surface area contributed by atoms with Crippen molar-refractivity contribution in [1.82, 2.24) is 4.98 Å². The van der Waals surface area contributed by atoms with Gasteiger partial charge in [-0.15, -0.1) is 0 Å². The zero-order chi connectivity index (χ0) is 14.9. The van der Waals surface area contributed by atoms with E-state index in [-0.39, 0.29) is 24.0 Å². The largest absolute Gasteiger partial charge is 0.296 e. The molecular weight excluding hydrogens is 278 g/mol. The second kappa shape index (κ2) is 5.49. The molecule has 2 N–H and O–H groups in total. The molecule has 1 unspecified atom stereocenters. The average Bonchev–Trinajstić information content (AvgIpc) is 2.67. The summed E-state index contributed by atoms with van der Waals surface area (Å²) in [7, 11) is -3.56. The minimum atomic E-state index is -3.56. The fraction of sp³-hybridized carbons (Fsp3) is 0.538. The Balaban J connectivity index is 2.26. The number of sulfonamides is 1. The van der Waals surface area contributed by atoms with E-state index in [4.69, 9.17) is 5.14 Å². The third-order valence-electron chi connectivity index (χ3n) is 3.40. The summed E-state index contributed by atoms with van der Waals surface area (Å²) >= 11 is 0. The molecule has 6 nitrogen and oxygen atoms in total. The fourth-order valence-corrected chi connectivity index (χ4v) is 3.39. The van der Waals surface area contributed by atoms with E-state index in [1.807, 2.05) is 26.0 Å². The number of hydrogen-bond acceptors (Lipinski definition) is 4. The van der Waals surface area contributed by atoms with Crippen molar-refractivity contribution in [1.29, 1.82) is 0 Å². The molecule has 0 saturated carbocycles. The highest BCUT2D eigenvalue weighted by Crippen LogP contribution is 2.27. The van der Waals surface area contributed by atoms with Gasteiger partial charge in [0.15, 0.2) is 0 Å². The number of carbonyl (C=O) groups excluding carboxylic acids is 1. The van der Waals surface area contributed by atoms with E-state index in [1.54, 1.807) is 4.90 Å². The highest BCUT2D eigenvalue weighted by molar-refractivity contribution is 7.89. The quantitative estimate of drug-likeness (QED) is 0.880. The minimum Gasteiger partial charge on any atom is -0.296 e. The molecule has 1 amide bonds. The predicted octanol–water partition coefficient (Wildman–Crippen LogP) is 0.594. The van der Waals surface area contributed by atoms with Crippen molar-refractivity contribution in [2.75, 3.05) is 17.2 Å². The number of carbonyl (C=O) groups is 1. The fourth-order valence-electron chi connectivity index (χ4n) is 2.51. The van der Waals surface area contributed by atoms with E-state index >= 15 is 0 Å². The molecule has 0 bridgehead atoms. The lowest BCUT2D eigenvalue weighted by Crippen LogP contribution is -2.29. The van der Waals surface area contributed by atoms with Gasteiger partial charge in [0.2, 0.25) is 15.9 Å². The Kier molecular flexibility index (Phi) is 4.10. The van der Waals surface area contributed by atoms with Gasteiger partial charge in [0.05, 0.1) is 5.75 Å². The normalized spacial score (nSPS) is 19.6. The molecule has 0 radical (unpaired) electrons. The smallest absolute Gasteiger partial charge is 0.228 e. The van der Waals surface area contributed by atoms with Crippen molar-refractivity contribution in [3.05, 3.63) is 23.4 Å². The molecule has 1 aliphatic heterocycles. The molecule has 0 spiro atoms. The van der Waals surface area contributed by atoms with Gasteiger partial charge >= 0.3 is 0 Å². The monoisotopic (exact) mass is 297 g/mol. The SMILES string of the molecule is CCc1ccc(C)nc1N1CC(CS(N)(=O)=O)CC1=O. The van der Waals surface area contributed by atoms with E-state index in [0.717, 1.165) is 17.7 Å². The Hall–Kier alpha value is -1.47. The molecule has 0 aliphatic carbocycles. The predicted molar refractivity (Wildman–Crippen MR) is 76.8 cm³/mol. The first-order valence-corrected chi connectivity index (χ1v) is 8.29. The second-order valence-corrected chi connectivity index (χ2v) is 6.85. The highest BCUT2D eigenvalue weighted by atomic mass is 32.2. The number of aryl methyl sites for hydroxylation is 2. The van der Waals surface area contributed by atoms with Crippen LogP contribution in [0.1, 0.15) is 24.6 Å². The molecule has 7 heteroatoms. The highest BCUT2D eigenvalue weighted by Gasteiger charge is 2.34. The molecule has 110 valence electrons. The lowest BCUT2D eigenvalue weighted by molar-refractivity contribution is -0.117. The molecule has 20 heavy (non-hydrogen) atoms. The summed E-state index contributed by atoms with van der Waals surface area (Å²) in [5.41, 5.74) is 1.82. The zero-order valence-electron chi connectivity index (χ0n) is 11.7. The Morgan fingerprint density at radius 3 is 2.75 bits per heavy atom. The van der Waals surface area contributed by atoms with E-state index in [1.165, 1.54) is 0 Å². The maximum Gasteiger partial charge on any atom is 0.228 e. The van der Waals surface area contributed by atoms with Crippen molar-refractivity contribution >= 4 is 21.7 Å². The van der Waals surface area contributed by atoms with Crippen LogP contribution in [0.15, 0.2) is 12.1 Å².